The third-order valence-electron chi connectivity index (χ3n) is 6.84. The SMILES string of the molecule is N=C(/C(N)=C/N(N)c1ccc(C(=O)N2CCOCC2)cc1)c1cc(Cn2nc(-c3ccncc3)ccc2=O)ccc1N. The van der Waals surface area contributed by atoms with Gasteiger partial charge in [0, 0.05) is 60.1 Å². The van der Waals surface area contributed by atoms with Crippen molar-refractivity contribution in [2.75, 3.05) is 37.0 Å². The molecular weight excluding hydrogens is 534 g/mol. The molecule has 1 saturated heterocycles. The Morgan fingerprint density at radius 3 is 2.45 bits per heavy atom. The van der Waals surface area contributed by atoms with Crippen molar-refractivity contribution in [2.24, 2.45) is 11.6 Å². The van der Waals surface area contributed by atoms with Gasteiger partial charge in [-0.2, -0.15) is 5.10 Å². The number of nitrogens with one attached hydrogen (secondary N) is 1. The van der Waals surface area contributed by atoms with Crippen molar-refractivity contribution in [3.05, 3.63) is 118 Å². The van der Waals surface area contributed by atoms with Crippen LogP contribution in [0.5, 0.6) is 0 Å². The molecule has 1 amide bonds. The lowest BCUT2D eigenvalue weighted by atomic mass is 10.0. The Kier molecular flexibility index (Phi) is 8.37. The molecule has 3 heterocycles. The van der Waals surface area contributed by atoms with E-state index < -0.39 is 0 Å². The molecule has 0 atom stereocenters. The number of carbonyl (C=O) groups is 1. The normalized spacial score (nSPS) is 13.5. The summed E-state index contributed by atoms with van der Waals surface area (Å²) in [5.74, 6) is 6.15. The molecule has 0 radical (unpaired) electrons. The number of anilines is 2. The zero-order valence-electron chi connectivity index (χ0n) is 22.8. The number of ether oxygens (including phenoxy) is 1. The number of aromatic nitrogens is 3. The van der Waals surface area contributed by atoms with Crippen molar-refractivity contribution in [1.82, 2.24) is 19.7 Å². The van der Waals surface area contributed by atoms with Crippen LogP contribution in [0.3, 0.4) is 0 Å². The number of nitrogens with two attached hydrogens (primary N) is 3. The van der Waals surface area contributed by atoms with Crippen LogP contribution in [0, 0.1) is 5.41 Å². The average molecular weight is 566 g/mol. The molecule has 0 saturated carbocycles. The van der Waals surface area contributed by atoms with Crippen LogP contribution in [0.2, 0.25) is 0 Å². The molecule has 1 fully saturated rings. The highest BCUT2D eigenvalue weighted by atomic mass is 16.5. The smallest absolute Gasteiger partial charge is 0.267 e. The number of pyridine rings is 1. The summed E-state index contributed by atoms with van der Waals surface area (Å²) in [4.78, 5) is 31.0. The molecule has 0 bridgehead atoms. The lowest BCUT2D eigenvalue weighted by Crippen LogP contribution is -2.40. The van der Waals surface area contributed by atoms with Crippen molar-refractivity contribution in [3.8, 4) is 11.3 Å². The minimum atomic E-state index is -0.267. The number of nitrogens with zero attached hydrogens (tertiary/aromatic N) is 5. The lowest BCUT2D eigenvalue weighted by Gasteiger charge is -2.27. The summed E-state index contributed by atoms with van der Waals surface area (Å²) in [7, 11) is 0. The number of allylic oxidation sites excluding steroid dienone is 1. The van der Waals surface area contributed by atoms with Crippen LogP contribution in [-0.4, -0.2) is 57.6 Å². The van der Waals surface area contributed by atoms with Crippen molar-refractivity contribution in [2.45, 2.75) is 6.54 Å². The summed E-state index contributed by atoms with van der Waals surface area (Å²) in [5, 5.41) is 14.5. The number of benzene rings is 2. The Hall–Kier alpha value is -5.33. The molecule has 4 aromatic rings. The number of hydrogen-bond donors (Lipinski definition) is 4. The van der Waals surface area contributed by atoms with E-state index in [0.29, 0.717) is 60.1 Å². The van der Waals surface area contributed by atoms with Gasteiger partial charge in [-0.15, -0.1) is 0 Å². The molecule has 5 rings (SSSR count). The first kappa shape index (κ1) is 28.2. The van der Waals surface area contributed by atoms with Gasteiger partial charge in [0.15, 0.2) is 0 Å². The molecule has 214 valence electrons. The first-order valence-corrected chi connectivity index (χ1v) is 13.2. The second kappa shape index (κ2) is 12.5. The molecule has 2 aromatic heterocycles. The molecule has 0 spiro atoms. The van der Waals surface area contributed by atoms with E-state index in [0.717, 1.165) is 5.56 Å². The largest absolute Gasteiger partial charge is 0.398 e. The molecule has 7 N–H and O–H groups in total. The highest BCUT2D eigenvalue weighted by molar-refractivity contribution is 6.13. The summed E-state index contributed by atoms with van der Waals surface area (Å²) in [6, 6.07) is 18.7. The number of morpholine rings is 1. The minimum absolute atomic E-state index is 0.0326. The standard InChI is InChI=1S/C30H31N9O3/c31-25-6-1-20(18-39-28(40)8-7-27(36-39)21-9-11-35-12-10-21)17-24(25)29(33)26(32)19-38(34)23-4-2-22(3-5-23)30(41)37-13-15-42-16-14-37/h1-12,17,19,33H,13-16,18,31-32,34H2/b26-19-,33-29?. The highest BCUT2D eigenvalue weighted by Crippen LogP contribution is 2.20. The Balaban J connectivity index is 1.31. The first-order valence-electron chi connectivity index (χ1n) is 13.2. The van der Waals surface area contributed by atoms with Crippen LogP contribution in [0.25, 0.3) is 11.3 Å². The number of hydrogen-bond acceptors (Lipinski definition) is 10. The molecule has 1 aliphatic rings. The molecule has 12 nitrogen and oxygen atoms in total. The van der Waals surface area contributed by atoms with E-state index in [1.165, 1.54) is 22.0 Å². The molecule has 0 aliphatic carbocycles. The summed E-state index contributed by atoms with van der Waals surface area (Å²) < 4.78 is 6.66. The highest BCUT2D eigenvalue weighted by Gasteiger charge is 2.19. The summed E-state index contributed by atoms with van der Waals surface area (Å²) >= 11 is 0. The van der Waals surface area contributed by atoms with Gasteiger partial charge in [0.25, 0.3) is 11.5 Å². The van der Waals surface area contributed by atoms with E-state index in [1.54, 1.807) is 65.8 Å². The second-order valence-corrected chi connectivity index (χ2v) is 9.69. The Bertz CT molecular complexity index is 1680. The van der Waals surface area contributed by atoms with Crippen molar-refractivity contribution in [3.63, 3.8) is 0 Å². The van der Waals surface area contributed by atoms with Crippen molar-refractivity contribution < 1.29 is 9.53 Å². The molecule has 42 heavy (non-hydrogen) atoms. The fourth-order valence-corrected chi connectivity index (χ4v) is 4.50. The topological polar surface area (TPSA) is 182 Å². The van der Waals surface area contributed by atoms with Crippen LogP contribution in [-0.2, 0) is 11.3 Å². The fourth-order valence-electron chi connectivity index (χ4n) is 4.50. The quantitative estimate of drug-likeness (QED) is 0.107. The van der Waals surface area contributed by atoms with E-state index in [2.05, 4.69) is 10.1 Å². The third-order valence-corrected chi connectivity index (χ3v) is 6.84. The van der Waals surface area contributed by atoms with Gasteiger partial charge >= 0.3 is 0 Å². The Morgan fingerprint density at radius 2 is 1.74 bits per heavy atom. The monoisotopic (exact) mass is 565 g/mol. The van der Waals surface area contributed by atoms with E-state index in [1.807, 2.05) is 12.1 Å². The summed E-state index contributed by atoms with van der Waals surface area (Å²) in [6.07, 6.45) is 4.73. The number of carbonyl (C=O) groups excluding carboxylic acids is 1. The molecule has 12 heteroatoms. The Morgan fingerprint density at radius 1 is 1.02 bits per heavy atom. The van der Waals surface area contributed by atoms with E-state index in [4.69, 9.17) is 27.5 Å². The maximum absolute atomic E-state index is 12.7. The Labute approximate surface area is 242 Å². The molecule has 1 aliphatic heterocycles. The predicted octanol–water partition coefficient (Wildman–Crippen LogP) is 1.96. The fraction of sp³-hybridized carbons (Fsp3) is 0.167. The number of hydrazine groups is 1. The third kappa shape index (κ3) is 6.35. The van der Waals surface area contributed by atoms with Gasteiger partial charge in [-0.05, 0) is 60.2 Å². The lowest BCUT2D eigenvalue weighted by molar-refractivity contribution is 0.0303. The van der Waals surface area contributed by atoms with Gasteiger partial charge in [-0.1, -0.05) is 6.07 Å². The van der Waals surface area contributed by atoms with E-state index in [-0.39, 0.29) is 29.4 Å². The van der Waals surface area contributed by atoms with Gasteiger partial charge in [0.05, 0.1) is 42.5 Å². The van der Waals surface area contributed by atoms with E-state index in [9.17, 15) is 9.59 Å². The number of amides is 1. The molecule has 2 aromatic carbocycles. The van der Waals surface area contributed by atoms with Gasteiger partial charge in [-0.3, -0.25) is 25.0 Å². The number of nitrogen functional groups attached to an aromatic ring is 1. The average Bonchev–Trinajstić information content (AvgIpc) is 3.03. The van der Waals surface area contributed by atoms with Gasteiger partial charge in [0.2, 0.25) is 0 Å². The first-order chi connectivity index (χ1) is 20.3. The molecular formula is C30H31N9O3. The maximum Gasteiger partial charge on any atom is 0.267 e. The minimum Gasteiger partial charge on any atom is -0.398 e. The summed E-state index contributed by atoms with van der Waals surface area (Å²) in [6.45, 7) is 2.33. The van der Waals surface area contributed by atoms with Crippen LogP contribution >= 0.6 is 0 Å². The zero-order valence-corrected chi connectivity index (χ0v) is 22.8. The predicted molar refractivity (Wildman–Crippen MR) is 161 cm³/mol. The maximum atomic E-state index is 12.7. The van der Waals surface area contributed by atoms with Crippen LogP contribution in [0.4, 0.5) is 11.4 Å². The zero-order chi connectivity index (χ0) is 29.6. The van der Waals surface area contributed by atoms with Crippen LogP contribution < -0.4 is 27.9 Å². The summed E-state index contributed by atoms with van der Waals surface area (Å²) in [5.41, 5.74) is 16.3. The van der Waals surface area contributed by atoms with E-state index >= 15 is 0 Å². The van der Waals surface area contributed by atoms with Crippen LogP contribution in [0.1, 0.15) is 21.5 Å². The van der Waals surface area contributed by atoms with Gasteiger partial charge < -0.3 is 21.1 Å². The number of rotatable bonds is 8. The van der Waals surface area contributed by atoms with Crippen molar-refractivity contribution in [1.29, 1.82) is 5.41 Å². The van der Waals surface area contributed by atoms with Gasteiger partial charge in [-0.25, -0.2) is 10.5 Å². The van der Waals surface area contributed by atoms with Crippen molar-refractivity contribution >= 4 is 23.0 Å². The second-order valence-electron chi connectivity index (χ2n) is 9.69. The molecule has 0 unspecified atom stereocenters. The van der Waals surface area contributed by atoms with Crippen LogP contribution in [0.15, 0.2) is 95.8 Å². The van der Waals surface area contributed by atoms with Gasteiger partial charge in [0.1, 0.15) is 0 Å².